The fourth-order valence-corrected chi connectivity index (χ4v) is 5.19. The van der Waals surface area contributed by atoms with E-state index in [-0.39, 0.29) is 42.6 Å². The maximum Gasteiger partial charge on any atom is 0.410 e. The van der Waals surface area contributed by atoms with Gasteiger partial charge in [-0.25, -0.2) is 19.7 Å². The summed E-state index contributed by atoms with van der Waals surface area (Å²) in [7, 11) is 6.28. The second-order valence-electron chi connectivity index (χ2n) is 13.6. The molecule has 0 bridgehead atoms. The maximum absolute atomic E-state index is 13.7. The Bertz CT molecular complexity index is 1680. The second kappa shape index (κ2) is 16.0. The molecular weight excluding hydrogens is 616 g/mol. The number of ether oxygens (including phenoxy) is 2. The summed E-state index contributed by atoms with van der Waals surface area (Å²) in [6, 6.07) is 3.16. The molecule has 1 saturated heterocycles. The molecule has 48 heavy (non-hydrogen) atoms. The zero-order valence-corrected chi connectivity index (χ0v) is 29.1. The minimum absolute atomic E-state index is 0.0222. The van der Waals surface area contributed by atoms with Crippen molar-refractivity contribution in [3.05, 3.63) is 58.7 Å². The number of amides is 3. The Morgan fingerprint density at radius 2 is 1.92 bits per heavy atom. The summed E-state index contributed by atoms with van der Waals surface area (Å²) in [6.07, 6.45) is 8.80. The number of carbonyl (C=O) groups is 3. The highest BCUT2D eigenvalue weighted by Crippen LogP contribution is 2.30. The number of allylic oxidation sites excluding steroid dienone is 1. The van der Waals surface area contributed by atoms with Crippen molar-refractivity contribution in [2.24, 2.45) is 5.41 Å². The van der Waals surface area contributed by atoms with Gasteiger partial charge < -0.3 is 29.2 Å². The summed E-state index contributed by atoms with van der Waals surface area (Å²) in [5, 5.41) is 2.65. The average molecular weight is 665 g/mol. The number of likely N-dealkylation sites (N-methyl/N-ethyl adjacent to an activating group) is 1. The smallest absolute Gasteiger partial charge is 0.410 e. The Hall–Kier alpha value is -4.59. The molecule has 1 aliphatic heterocycles. The third-order valence-electron chi connectivity index (χ3n) is 7.97. The predicted octanol–water partition coefficient (Wildman–Crippen LogP) is 4.14. The van der Waals surface area contributed by atoms with Crippen LogP contribution < -0.4 is 10.9 Å². The third-order valence-corrected chi connectivity index (χ3v) is 7.97. The first-order valence-electron chi connectivity index (χ1n) is 16.3. The highest BCUT2D eigenvalue weighted by molar-refractivity contribution is 5.95. The van der Waals surface area contributed by atoms with Crippen molar-refractivity contribution < 1.29 is 23.9 Å². The van der Waals surface area contributed by atoms with Gasteiger partial charge in [0.25, 0.3) is 11.5 Å². The highest BCUT2D eigenvalue weighted by Gasteiger charge is 2.27. The molecule has 1 fully saturated rings. The number of hydrogen-bond donors (Lipinski definition) is 1. The molecule has 0 aliphatic carbocycles. The fraction of sp³-hybridized carbons (Fsp3) is 0.559. The van der Waals surface area contributed by atoms with Gasteiger partial charge in [-0.15, -0.1) is 0 Å². The van der Waals surface area contributed by atoms with E-state index >= 15 is 0 Å². The Morgan fingerprint density at radius 1 is 1.15 bits per heavy atom. The topological polar surface area (TPSA) is 154 Å². The van der Waals surface area contributed by atoms with Crippen LogP contribution in [0.15, 0.2) is 41.6 Å². The average Bonchev–Trinajstić information content (AvgIpc) is 3.41. The molecule has 14 heteroatoms. The van der Waals surface area contributed by atoms with Crippen LogP contribution in [0.5, 0.6) is 0 Å². The summed E-state index contributed by atoms with van der Waals surface area (Å²) < 4.78 is 15.0. The maximum atomic E-state index is 13.7. The van der Waals surface area contributed by atoms with Gasteiger partial charge in [-0.3, -0.25) is 19.0 Å². The molecule has 0 spiro atoms. The van der Waals surface area contributed by atoms with Crippen molar-refractivity contribution in [3.8, 4) is 0 Å². The number of nitrogens with zero attached hydrogens (tertiary/aromatic N) is 7. The number of anilines is 1. The Morgan fingerprint density at radius 3 is 2.58 bits per heavy atom. The summed E-state index contributed by atoms with van der Waals surface area (Å²) in [5.41, 5.74) is 1.88. The van der Waals surface area contributed by atoms with E-state index < -0.39 is 23.7 Å². The summed E-state index contributed by atoms with van der Waals surface area (Å²) >= 11 is 0. The van der Waals surface area contributed by atoms with Crippen molar-refractivity contribution in [2.75, 3.05) is 40.1 Å². The van der Waals surface area contributed by atoms with E-state index in [1.54, 1.807) is 38.8 Å². The molecule has 1 aliphatic rings. The van der Waals surface area contributed by atoms with Crippen molar-refractivity contribution >= 4 is 34.8 Å². The molecule has 3 aromatic heterocycles. The Kier molecular flexibility index (Phi) is 12.1. The van der Waals surface area contributed by atoms with Gasteiger partial charge in [-0.2, -0.15) is 0 Å². The SMILES string of the molecule is CN(C)C(=O)/C=C/CC[C@H](OC(=O)N(C)C)C(=O)Nc1cccn(Cc2nc3c(CCC(C)(C)C)ncnc3n2C2CCCCO2)c1=O. The number of imidazole rings is 1. The number of rotatable bonds is 12. The van der Waals surface area contributed by atoms with Crippen LogP contribution in [0.3, 0.4) is 0 Å². The van der Waals surface area contributed by atoms with E-state index in [0.717, 1.165) is 37.8 Å². The minimum atomic E-state index is -1.20. The Balaban J connectivity index is 1.61. The largest absolute Gasteiger partial charge is 0.436 e. The molecule has 3 aromatic rings. The molecular formula is C34H48N8O6. The molecule has 2 atom stereocenters. The lowest BCUT2D eigenvalue weighted by Crippen LogP contribution is -2.37. The van der Waals surface area contributed by atoms with Crippen LogP contribution in [0.25, 0.3) is 11.2 Å². The molecule has 14 nitrogen and oxygen atoms in total. The molecule has 1 unspecified atom stereocenters. The van der Waals surface area contributed by atoms with Crippen molar-refractivity contribution in [2.45, 2.75) is 84.6 Å². The third kappa shape index (κ3) is 9.49. The van der Waals surface area contributed by atoms with E-state index in [9.17, 15) is 19.2 Å². The standard InChI is InChI=1S/C34H48N8O6/c1-34(2,3)18-17-23-29-30(36-22-35-23)42(28-16-10-11-20-47-28)26(38-29)21-41-19-12-13-24(32(41)45)37-31(44)25(48-33(46)40(6)7)14-8-9-15-27(43)39(4)5/h9,12-13,15,19,22,25,28H,8,10-11,14,16-18,20-21H2,1-7H3,(H,37,44)/b15-9+/t25-,28?/m0/s1. The monoisotopic (exact) mass is 664 g/mol. The molecule has 260 valence electrons. The van der Waals surface area contributed by atoms with Gasteiger partial charge in [0.1, 0.15) is 29.6 Å². The van der Waals surface area contributed by atoms with Crippen LogP contribution in [-0.4, -0.2) is 92.7 Å². The molecule has 4 rings (SSSR count). The lowest BCUT2D eigenvalue weighted by atomic mass is 9.90. The molecule has 0 aromatic carbocycles. The minimum Gasteiger partial charge on any atom is -0.436 e. The van der Waals surface area contributed by atoms with Gasteiger partial charge in [0.05, 0.1) is 12.2 Å². The van der Waals surface area contributed by atoms with Crippen LogP contribution in [0.4, 0.5) is 10.5 Å². The zero-order chi connectivity index (χ0) is 35.0. The first kappa shape index (κ1) is 36.2. The van der Waals surface area contributed by atoms with E-state index in [0.29, 0.717) is 23.6 Å². The lowest BCUT2D eigenvalue weighted by Gasteiger charge is -2.25. The number of nitrogens with one attached hydrogen (secondary N) is 1. The highest BCUT2D eigenvalue weighted by atomic mass is 16.6. The van der Waals surface area contributed by atoms with Crippen molar-refractivity contribution in [1.82, 2.24) is 33.9 Å². The first-order chi connectivity index (χ1) is 22.7. The second-order valence-corrected chi connectivity index (χ2v) is 13.6. The number of pyridine rings is 1. The number of carbonyl (C=O) groups excluding carboxylic acids is 3. The summed E-state index contributed by atoms with van der Waals surface area (Å²) in [4.78, 5) is 68.1. The molecule has 0 saturated carbocycles. The number of fused-ring (bicyclic) bond motifs is 1. The van der Waals surface area contributed by atoms with Crippen LogP contribution in [0.2, 0.25) is 0 Å². The van der Waals surface area contributed by atoms with E-state index in [2.05, 4.69) is 36.1 Å². The van der Waals surface area contributed by atoms with Crippen LogP contribution in [-0.2, 0) is 32.0 Å². The van der Waals surface area contributed by atoms with E-state index in [4.69, 9.17) is 14.5 Å². The zero-order valence-electron chi connectivity index (χ0n) is 29.1. The van der Waals surface area contributed by atoms with Gasteiger partial charge in [0.15, 0.2) is 11.8 Å². The Labute approximate surface area is 281 Å². The van der Waals surface area contributed by atoms with Crippen LogP contribution in [0, 0.1) is 5.41 Å². The lowest BCUT2D eigenvalue weighted by molar-refractivity contribution is -0.125. The molecule has 1 N–H and O–H groups in total. The summed E-state index contributed by atoms with van der Waals surface area (Å²) in [5.74, 6) is -0.270. The molecule has 3 amide bonds. The molecule has 0 radical (unpaired) electrons. The van der Waals surface area contributed by atoms with Gasteiger partial charge in [-0.1, -0.05) is 26.8 Å². The number of hydrogen-bond acceptors (Lipinski definition) is 9. The van der Waals surface area contributed by atoms with Crippen molar-refractivity contribution in [1.29, 1.82) is 0 Å². The quantitative estimate of drug-likeness (QED) is 0.282. The normalized spacial score (nSPS) is 15.8. The number of aryl methyl sites for hydroxylation is 1. The van der Waals surface area contributed by atoms with E-state index in [1.807, 2.05) is 4.57 Å². The predicted molar refractivity (Wildman–Crippen MR) is 181 cm³/mol. The summed E-state index contributed by atoms with van der Waals surface area (Å²) in [6.45, 7) is 7.27. The molecule has 4 heterocycles. The van der Waals surface area contributed by atoms with Gasteiger partial charge in [-0.05, 0) is 68.6 Å². The van der Waals surface area contributed by atoms with Gasteiger partial charge in [0, 0.05) is 41.0 Å². The first-order valence-corrected chi connectivity index (χ1v) is 16.3. The van der Waals surface area contributed by atoms with E-state index in [1.165, 1.54) is 40.6 Å². The fourth-order valence-electron chi connectivity index (χ4n) is 5.19. The van der Waals surface area contributed by atoms with Gasteiger partial charge >= 0.3 is 6.09 Å². The van der Waals surface area contributed by atoms with Crippen molar-refractivity contribution in [3.63, 3.8) is 0 Å². The van der Waals surface area contributed by atoms with Crippen LogP contribution in [0.1, 0.15) is 77.0 Å². The van der Waals surface area contributed by atoms with Gasteiger partial charge in [0.2, 0.25) is 5.91 Å². The van der Waals surface area contributed by atoms with Crippen LogP contribution >= 0.6 is 0 Å². The number of aromatic nitrogens is 5.